The molecule has 0 amide bonds. The topological polar surface area (TPSA) is 0 Å². The third-order valence-electron chi connectivity index (χ3n) is 3.12. The molecule has 2 rings (SSSR count). The molecule has 3 atom stereocenters. The number of alkyl halides is 2. The molecule has 0 spiro atoms. The van der Waals surface area contributed by atoms with Gasteiger partial charge in [0.05, 0.1) is 3.74 Å². The highest BCUT2D eigenvalue weighted by atomic mass is 79.9. The third-order valence-corrected chi connectivity index (χ3v) is 4.47. The number of hydrogen-bond acceptors (Lipinski definition) is 0. The summed E-state index contributed by atoms with van der Waals surface area (Å²) in [5.41, 5.74) is 0. The second-order valence-corrected chi connectivity index (χ2v) is 6.87. The maximum absolute atomic E-state index is 3.62. The van der Waals surface area contributed by atoms with Crippen LogP contribution in [-0.4, -0.2) is 3.74 Å². The largest absolute Gasteiger partial charge is 0.0762 e. The van der Waals surface area contributed by atoms with Gasteiger partial charge in [0.1, 0.15) is 0 Å². The van der Waals surface area contributed by atoms with Crippen LogP contribution < -0.4 is 0 Å². The van der Waals surface area contributed by atoms with E-state index >= 15 is 0 Å². The Labute approximate surface area is 79.0 Å². The fourth-order valence-corrected chi connectivity index (χ4v) is 3.90. The van der Waals surface area contributed by atoms with Crippen LogP contribution in [0.4, 0.5) is 0 Å². The van der Waals surface area contributed by atoms with Crippen LogP contribution >= 0.6 is 31.9 Å². The van der Waals surface area contributed by atoms with Crippen LogP contribution in [0.5, 0.6) is 0 Å². The van der Waals surface area contributed by atoms with Gasteiger partial charge in [0, 0.05) is 0 Å². The minimum atomic E-state index is 0.579. The Hall–Kier alpha value is 0.960. The van der Waals surface area contributed by atoms with E-state index in [1.165, 1.54) is 25.7 Å². The molecule has 0 nitrogen and oxygen atoms in total. The van der Waals surface area contributed by atoms with Crippen molar-refractivity contribution in [3.05, 3.63) is 0 Å². The van der Waals surface area contributed by atoms with Gasteiger partial charge in [-0.25, -0.2) is 0 Å². The van der Waals surface area contributed by atoms with E-state index in [2.05, 4.69) is 31.9 Å². The van der Waals surface area contributed by atoms with Crippen molar-refractivity contribution in [2.45, 2.75) is 29.4 Å². The lowest BCUT2D eigenvalue weighted by atomic mass is 9.91. The Morgan fingerprint density at radius 3 is 2.20 bits per heavy atom. The summed E-state index contributed by atoms with van der Waals surface area (Å²) in [6.07, 6.45) is 5.97. The molecule has 0 N–H and O–H groups in total. The third kappa shape index (κ3) is 1.18. The van der Waals surface area contributed by atoms with Gasteiger partial charge in [-0.2, -0.15) is 0 Å². The number of fused-ring (bicyclic) bond motifs is 2. The number of hydrogen-bond donors (Lipinski definition) is 0. The van der Waals surface area contributed by atoms with Gasteiger partial charge in [-0.15, -0.1) is 0 Å². The average Bonchev–Trinajstić information content (AvgIpc) is 2.44. The summed E-state index contributed by atoms with van der Waals surface area (Å²) in [5, 5.41) is 0. The van der Waals surface area contributed by atoms with Gasteiger partial charge in [-0.3, -0.25) is 0 Å². The molecule has 58 valence electrons. The van der Waals surface area contributed by atoms with E-state index in [4.69, 9.17) is 0 Å². The minimum absolute atomic E-state index is 0.579. The van der Waals surface area contributed by atoms with Crippen LogP contribution in [0.1, 0.15) is 25.7 Å². The minimum Gasteiger partial charge on any atom is -0.0762 e. The normalized spacial score (nSPS) is 45.3. The van der Waals surface area contributed by atoms with Crippen molar-refractivity contribution in [3.63, 3.8) is 0 Å². The van der Waals surface area contributed by atoms with Gasteiger partial charge in [0.25, 0.3) is 0 Å². The lowest BCUT2D eigenvalue weighted by Gasteiger charge is -2.22. The first-order valence-electron chi connectivity index (χ1n) is 4.05. The fraction of sp³-hybridized carbons (Fsp3) is 1.00. The van der Waals surface area contributed by atoms with Crippen LogP contribution in [0.15, 0.2) is 0 Å². The van der Waals surface area contributed by atoms with E-state index in [0.717, 1.165) is 17.8 Å². The van der Waals surface area contributed by atoms with Crippen molar-refractivity contribution < 1.29 is 0 Å². The maximum atomic E-state index is 3.62. The SMILES string of the molecule is BrC(Br)C1CC2CCC1C2. The van der Waals surface area contributed by atoms with E-state index in [0.29, 0.717) is 3.74 Å². The predicted octanol–water partition coefficient (Wildman–Crippen LogP) is 3.54. The Morgan fingerprint density at radius 1 is 1.10 bits per heavy atom. The zero-order chi connectivity index (χ0) is 7.14. The summed E-state index contributed by atoms with van der Waals surface area (Å²) in [6, 6.07) is 0. The van der Waals surface area contributed by atoms with Crippen molar-refractivity contribution in [1.82, 2.24) is 0 Å². The molecule has 10 heavy (non-hydrogen) atoms. The summed E-state index contributed by atoms with van der Waals surface area (Å²) in [7, 11) is 0. The molecule has 0 aromatic heterocycles. The van der Waals surface area contributed by atoms with E-state index in [1.54, 1.807) is 0 Å². The Morgan fingerprint density at radius 2 is 1.90 bits per heavy atom. The maximum Gasteiger partial charge on any atom is 0.0728 e. The number of rotatable bonds is 1. The van der Waals surface area contributed by atoms with E-state index in [-0.39, 0.29) is 0 Å². The van der Waals surface area contributed by atoms with E-state index in [1.807, 2.05) is 0 Å². The quantitative estimate of drug-likeness (QED) is 0.638. The lowest BCUT2D eigenvalue weighted by molar-refractivity contribution is 0.359. The molecule has 2 aliphatic carbocycles. The zero-order valence-corrected chi connectivity index (χ0v) is 9.07. The predicted molar refractivity (Wildman–Crippen MR) is 50.6 cm³/mol. The molecule has 0 aliphatic heterocycles. The smallest absolute Gasteiger partial charge is 0.0728 e. The summed E-state index contributed by atoms with van der Waals surface area (Å²) in [5.74, 6) is 3.04. The highest BCUT2D eigenvalue weighted by Gasteiger charge is 2.41. The molecule has 0 radical (unpaired) electrons. The molecule has 0 saturated heterocycles. The van der Waals surface area contributed by atoms with Crippen molar-refractivity contribution in [2.24, 2.45) is 17.8 Å². The van der Waals surface area contributed by atoms with E-state index < -0.39 is 0 Å². The zero-order valence-electron chi connectivity index (χ0n) is 5.89. The fourth-order valence-electron chi connectivity index (χ4n) is 2.60. The van der Waals surface area contributed by atoms with Crippen LogP contribution in [0.2, 0.25) is 0 Å². The monoisotopic (exact) mass is 266 g/mol. The van der Waals surface area contributed by atoms with Gasteiger partial charge in [0.15, 0.2) is 0 Å². The molecule has 0 heterocycles. The molecule has 3 unspecified atom stereocenters. The van der Waals surface area contributed by atoms with Crippen molar-refractivity contribution in [2.75, 3.05) is 0 Å². The van der Waals surface area contributed by atoms with Crippen molar-refractivity contribution in [3.8, 4) is 0 Å². The highest BCUT2D eigenvalue weighted by Crippen LogP contribution is 2.51. The van der Waals surface area contributed by atoms with Crippen LogP contribution in [0.25, 0.3) is 0 Å². The average molecular weight is 268 g/mol. The van der Waals surface area contributed by atoms with Crippen LogP contribution in [0, 0.1) is 17.8 Å². The molecule has 0 aromatic rings. The van der Waals surface area contributed by atoms with Gasteiger partial charge in [0.2, 0.25) is 0 Å². The molecule has 2 heteroatoms. The summed E-state index contributed by atoms with van der Waals surface area (Å²) < 4.78 is 0.579. The van der Waals surface area contributed by atoms with Gasteiger partial charge < -0.3 is 0 Å². The number of halogens is 2. The molecule has 2 aliphatic rings. The Bertz CT molecular complexity index is 133. The molecule has 0 aromatic carbocycles. The van der Waals surface area contributed by atoms with E-state index in [9.17, 15) is 0 Å². The standard InChI is InChI=1S/C8H12Br2/c9-8(10)7-4-5-1-2-6(7)3-5/h5-8H,1-4H2. The van der Waals surface area contributed by atoms with Gasteiger partial charge in [-0.05, 0) is 37.0 Å². The second kappa shape index (κ2) is 2.78. The van der Waals surface area contributed by atoms with Gasteiger partial charge >= 0.3 is 0 Å². The van der Waals surface area contributed by atoms with Gasteiger partial charge in [-0.1, -0.05) is 38.3 Å². The molecular formula is C8H12Br2. The van der Waals surface area contributed by atoms with Crippen LogP contribution in [0.3, 0.4) is 0 Å². The first kappa shape index (κ1) is 7.60. The molecule has 2 saturated carbocycles. The summed E-state index contributed by atoms with van der Waals surface area (Å²) in [4.78, 5) is 0. The first-order chi connectivity index (χ1) is 4.77. The lowest BCUT2D eigenvalue weighted by Crippen LogP contribution is -2.15. The molecular weight excluding hydrogens is 256 g/mol. The highest BCUT2D eigenvalue weighted by molar-refractivity contribution is 9.24. The molecule has 2 bridgehead atoms. The Kier molecular flexibility index (Phi) is 2.11. The molecule has 2 fully saturated rings. The Balaban J connectivity index is 2.02. The first-order valence-corrected chi connectivity index (χ1v) is 5.88. The van der Waals surface area contributed by atoms with Crippen molar-refractivity contribution >= 4 is 31.9 Å². The summed E-state index contributed by atoms with van der Waals surface area (Å²) >= 11 is 7.24. The van der Waals surface area contributed by atoms with Crippen molar-refractivity contribution in [1.29, 1.82) is 0 Å². The second-order valence-electron chi connectivity index (χ2n) is 3.67. The van der Waals surface area contributed by atoms with Crippen LogP contribution in [-0.2, 0) is 0 Å². The summed E-state index contributed by atoms with van der Waals surface area (Å²) in [6.45, 7) is 0.